The molecule has 4 heteroatoms. The summed E-state index contributed by atoms with van der Waals surface area (Å²) in [6.45, 7) is 5.97. The predicted molar refractivity (Wildman–Crippen MR) is 66.7 cm³/mol. The minimum absolute atomic E-state index is 0.521. The lowest BCUT2D eigenvalue weighted by Gasteiger charge is -2.26. The van der Waals surface area contributed by atoms with Crippen LogP contribution in [0.15, 0.2) is 4.52 Å². The molecule has 1 aliphatic rings. The van der Waals surface area contributed by atoms with E-state index in [4.69, 9.17) is 4.52 Å². The summed E-state index contributed by atoms with van der Waals surface area (Å²) in [5, 5.41) is 7.34. The lowest BCUT2D eigenvalue weighted by Crippen LogP contribution is -2.15. The Bertz CT molecular complexity index is 337. The number of hydrogen-bond donors (Lipinski definition) is 1. The first-order valence-electron chi connectivity index (χ1n) is 6.86. The normalized spacial score (nSPS) is 25.1. The van der Waals surface area contributed by atoms with Gasteiger partial charge >= 0.3 is 0 Å². The van der Waals surface area contributed by atoms with Gasteiger partial charge in [0.2, 0.25) is 5.89 Å². The van der Waals surface area contributed by atoms with Crippen LogP contribution in [0.3, 0.4) is 0 Å². The van der Waals surface area contributed by atoms with Crippen LogP contribution in [-0.2, 0) is 6.54 Å². The van der Waals surface area contributed by atoms with Crippen LogP contribution in [0.2, 0.25) is 0 Å². The molecule has 2 rings (SSSR count). The molecule has 0 radical (unpaired) electrons. The number of hydrogen-bond acceptors (Lipinski definition) is 4. The summed E-state index contributed by atoms with van der Waals surface area (Å²) in [6, 6.07) is 0. The number of aromatic nitrogens is 2. The molecule has 96 valence electrons. The summed E-state index contributed by atoms with van der Waals surface area (Å²) in [5.74, 6) is 3.02. The monoisotopic (exact) mass is 237 g/mol. The molecule has 0 aliphatic heterocycles. The van der Waals surface area contributed by atoms with Crippen molar-refractivity contribution in [3.8, 4) is 0 Å². The summed E-state index contributed by atoms with van der Waals surface area (Å²) in [5.41, 5.74) is 0. The molecule has 2 unspecified atom stereocenters. The number of nitrogens with one attached hydrogen (secondary N) is 1. The van der Waals surface area contributed by atoms with Crippen LogP contribution < -0.4 is 5.32 Å². The van der Waals surface area contributed by atoms with E-state index in [1.807, 2.05) is 0 Å². The van der Waals surface area contributed by atoms with Crippen LogP contribution in [-0.4, -0.2) is 16.7 Å². The highest BCUT2D eigenvalue weighted by molar-refractivity contribution is 4.98. The summed E-state index contributed by atoms with van der Waals surface area (Å²) in [4.78, 5) is 4.50. The summed E-state index contributed by atoms with van der Waals surface area (Å²) in [6.07, 6.45) is 6.40. The molecule has 1 aliphatic carbocycles. The van der Waals surface area contributed by atoms with Gasteiger partial charge in [0.25, 0.3) is 0 Å². The van der Waals surface area contributed by atoms with Gasteiger partial charge in [0.05, 0.1) is 6.54 Å². The first kappa shape index (κ1) is 12.6. The average molecular weight is 237 g/mol. The second-order valence-corrected chi connectivity index (χ2v) is 4.96. The van der Waals surface area contributed by atoms with E-state index < -0.39 is 0 Å². The van der Waals surface area contributed by atoms with Gasteiger partial charge in [-0.05, 0) is 25.3 Å². The van der Waals surface area contributed by atoms with Crippen LogP contribution >= 0.6 is 0 Å². The fourth-order valence-electron chi connectivity index (χ4n) is 2.63. The van der Waals surface area contributed by atoms with Crippen molar-refractivity contribution in [1.82, 2.24) is 15.5 Å². The largest absolute Gasteiger partial charge is 0.338 e. The van der Waals surface area contributed by atoms with Crippen LogP contribution in [0.4, 0.5) is 0 Å². The molecule has 1 fully saturated rings. The van der Waals surface area contributed by atoms with E-state index in [1.165, 1.54) is 32.1 Å². The number of nitrogens with zero attached hydrogens (tertiary/aromatic N) is 2. The Labute approximate surface area is 103 Å². The van der Waals surface area contributed by atoms with Gasteiger partial charge in [-0.25, -0.2) is 0 Å². The molecule has 2 atom stereocenters. The SMILES string of the molecule is CCNCc1nc(C2CCCC(CC)C2)no1. The van der Waals surface area contributed by atoms with Crippen molar-refractivity contribution in [3.63, 3.8) is 0 Å². The minimum Gasteiger partial charge on any atom is -0.338 e. The third-order valence-corrected chi connectivity index (χ3v) is 3.74. The molecule has 0 amide bonds. The van der Waals surface area contributed by atoms with E-state index in [0.29, 0.717) is 12.5 Å². The van der Waals surface area contributed by atoms with Gasteiger partial charge in [-0.15, -0.1) is 0 Å². The third kappa shape index (κ3) is 3.28. The lowest BCUT2D eigenvalue weighted by molar-refractivity contribution is 0.297. The van der Waals surface area contributed by atoms with Crippen molar-refractivity contribution >= 4 is 0 Å². The van der Waals surface area contributed by atoms with Gasteiger partial charge < -0.3 is 9.84 Å². The molecule has 0 saturated heterocycles. The van der Waals surface area contributed by atoms with Crippen LogP contribution in [0.1, 0.15) is 63.6 Å². The highest BCUT2D eigenvalue weighted by atomic mass is 16.5. The molecule has 0 bridgehead atoms. The van der Waals surface area contributed by atoms with E-state index in [9.17, 15) is 0 Å². The maximum Gasteiger partial charge on any atom is 0.240 e. The molecule has 1 N–H and O–H groups in total. The fourth-order valence-corrected chi connectivity index (χ4v) is 2.63. The van der Waals surface area contributed by atoms with Crippen LogP contribution in [0.25, 0.3) is 0 Å². The molecule has 1 saturated carbocycles. The zero-order valence-electron chi connectivity index (χ0n) is 10.9. The molecular weight excluding hydrogens is 214 g/mol. The molecule has 0 spiro atoms. The molecule has 1 heterocycles. The van der Waals surface area contributed by atoms with Crippen molar-refractivity contribution < 1.29 is 4.52 Å². The summed E-state index contributed by atoms with van der Waals surface area (Å²) in [7, 11) is 0. The Morgan fingerprint density at radius 2 is 2.24 bits per heavy atom. The van der Waals surface area contributed by atoms with Crippen molar-refractivity contribution in [3.05, 3.63) is 11.7 Å². The highest BCUT2D eigenvalue weighted by Gasteiger charge is 2.25. The first-order chi connectivity index (χ1) is 8.33. The van der Waals surface area contributed by atoms with Gasteiger partial charge in [0, 0.05) is 5.92 Å². The van der Waals surface area contributed by atoms with E-state index in [-0.39, 0.29) is 0 Å². The van der Waals surface area contributed by atoms with E-state index in [0.717, 1.165) is 24.2 Å². The maximum absolute atomic E-state index is 5.27. The highest BCUT2D eigenvalue weighted by Crippen LogP contribution is 2.36. The molecule has 0 aromatic carbocycles. The Balaban J connectivity index is 1.94. The topological polar surface area (TPSA) is 51.0 Å². The Morgan fingerprint density at radius 3 is 3.00 bits per heavy atom. The van der Waals surface area contributed by atoms with Gasteiger partial charge in [0.15, 0.2) is 5.82 Å². The molecule has 4 nitrogen and oxygen atoms in total. The zero-order chi connectivity index (χ0) is 12.1. The standard InChI is InChI=1S/C13H23N3O/c1-3-10-6-5-7-11(8-10)13-15-12(17-16-13)9-14-4-2/h10-11,14H,3-9H2,1-2H3. The molecule has 1 aromatic heterocycles. The van der Waals surface area contributed by atoms with E-state index in [1.54, 1.807) is 0 Å². The average Bonchev–Trinajstić information content (AvgIpc) is 2.85. The van der Waals surface area contributed by atoms with Crippen molar-refractivity contribution in [1.29, 1.82) is 0 Å². The lowest BCUT2D eigenvalue weighted by atomic mass is 9.80. The van der Waals surface area contributed by atoms with Gasteiger partial charge in [-0.1, -0.05) is 38.3 Å². The molecule has 17 heavy (non-hydrogen) atoms. The summed E-state index contributed by atoms with van der Waals surface area (Å²) >= 11 is 0. The minimum atomic E-state index is 0.521. The van der Waals surface area contributed by atoms with Gasteiger partial charge in [-0.3, -0.25) is 0 Å². The second kappa shape index (κ2) is 6.15. The first-order valence-corrected chi connectivity index (χ1v) is 6.86. The van der Waals surface area contributed by atoms with Gasteiger partial charge in [0.1, 0.15) is 0 Å². The van der Waals surface area contributed by atoms with Crippen molar-refractivity contribution in [2.45, 2.75) is 58.4 Å². The quantitative estimate of drug-likeness (QED) is 0.855. The Kier molecular flexibility index (Phi) is 4.54. The Morgan fingerprint density at radius 1 is 1.35 bits per heavy atom. The van der Waals surface area contributed by atoms with Gasteiger partial charge in [-0.2, -0.15) is 4.98 Å². The maximum atomic E-state index is 5.27. The van der Waals surface area contributed by atoms with Crippen LogP contribution in [0, 0.1) is 5.92 Å². The Hall–Kier alpha value is -0.900. The second-order valence-electron chi connectivity index (χ2n) is 4.96. The predicted octanol–water partition coefficient (Wildman–Crippen LogP) is 2.86. The smallest absolute Gasteiger partial charge is 0.240 e. The molecule has 1 aromatic rings. The fraction of sp³-hybridized carbons (Fsp3) is 0.846. The molecular formula is C13H23N3O. The summed E-state index contributed by atoms with van der Waals surface area (Å²) < 4.78 is 5.27. The number of rotatable bonds is 5. The van der Waals surface area contributed by atoms with Crippen LogP contribution in [0.5, 0.6) is 0 Å². The van der Waals surface area contributed by atoms with Crippen molar-refractivity contribution in [2.75, 3.05) is 6.54 Å². The third-order valence-electron chi connectivity index (χ3n) is 3.74. The van der Waals surface area contributed by atoms with Crippen molar-refractivity contribution in [2.24, 2.45) is 5.92 Å². The van der Waals surface area contributed by atoms with E-state index in [2.05, 4.69) is 29.3 Å². The zero-order valence-corrected chi connectivity index (χ0v) is 10.9. The van der Waals surface area contributed by atoms with E-state index >= 15 is 0 Å².